The Morgan fingerprint density at radius 1 is 1.19 bits per heavy atom. The van der Waals surface area contributed by atoms with E-state index in [1.54, 1.807) is 19.5 Å². The van der Waals surface area contributed by atoms with Crippen molar-refractivity contribution in [3.8, 4) is 5.75 Å². The summed E-state index contributed by atoms with van der Waals surface area (Å²) < 4.78 is 5.59. The average Bonchev–Trinajstić information content (AvgIpc) is 2.49. The Labute approximate surface area is 126 Å². The number of rotatable bonds is 6. The smallest absolute Gasteiger partial charge is 0.149 e. The fraction of sp³-hybridized carbons (Fsp3) is 0.412. The monoisotopic (exact) mass is 285 g/mol. The van der Waals surface area contributed by atoms with Gasteiger partial charge in [-0.3, -0.25) is 0 Å². The topological polar surface area (TPSA) is 47.0 Å². The molecule has 0 saturated heterocycles. The molecular weight excluding hydrogens is 262 g/mol. The lowest BCUT2D eigenvalue weighted by molar-refractivity contribution is 0.401. The van der Waals surface area contributed by atoms with Crippen LogP contribution in [-0.4, -0.2) is 23.6 Å². The first-order valence-corrected chi connectivity index (χ1v) is 7.32. The SMILES string of the molecule is CCCNC(c1ncccn1)c1c(C)cc(C)cc1OC. The molecule has 1 heterocycles. The van der Waals surface area contributed by atoms with Crippen LogP contribution in [0.2, 0.25) is 0 Å². The van der Waals surface area contributed by atoms with Gasteiger partial charge in [0.15, 0.2) is 0 Å². The molecule has 1 unspecified atom stereocenters. The molecular formula is C17H23N3O. The van der Waals surface area contributed by atoms with Gasteiger partial charge in [-0.1, -0.05) is 13.0 Å². The predicted molar refractivity (Wildman–Crippen MR) is 84.6 cm³/mol. The molecule has 0 aliphatic carbocycles. The summed E-state index contributed by atoms with van der Waals surface area (Å²) >= 11 is 0. The third-order valence-electron chi connectivity index (χ3n) is 3.44. The highest BCUT2D eigenvalue weighted by molar-refractivity contribution is 5.47. The lowest BCUT2D eigenvalue weighted by atomic mass is 9.97. The van der Waals surface area contributed by atoms with Crippen molar-refractivity contribution in [1.29, 1.82) is 0 Å². The number of methoxy groups -OCH3 is 1. The van der Waals surface area contributed by atoms with Gasteiger partial charge in [-0.05, 0) is 50.1 Å². The summed E-state index contributed by atoms with van der Waals surface area (Å²) in [6.07, 6.45) is 4.61. The van der Waals surface area contributed by atoms with Gasteiger partial charge in [0.1, 0.15) is 11.6 Å². The molecule has 2 aromatic rings. The zero-order valence-electron chi connectivity index (χ0n) is 13.2. The molecule has 0 amide bonds. The summed E-state index contributed by atoms with van der Waals surface area (Å²) in [7, 11) is 1.71. The third kappa shape index (κ3) is 3.58. The second-order valence-electron chi connectivity index (χ2n) is 5.19. The van der Waals surface area contributed by atoms with E-state index >= 15 is 0 Å². The number of nitrogens with one attached hydrogen (secondary N) is 1. The number of aryl methyl sites for hydroxylation is 2. The molecule has 0 saturated carbocycles. The van der Waals surface area contributed by atoms with Gasteiger partial charge >= 0.3 is 0 Å². The lowest BCUT2D eigenvalue weighted by Crippen LogP contribution is -2.26. The number of nitrogens with zero attached hydrogens (tertiary/aromatic N) is 2. The molecule has 1 atom stereocenters. The zero-order valence-corrected chi connectivity index (χ0v) is 13.2. The van der Waals surface area contributed by atoms with Crippen molar-refractivity contribution in [2.45, 2.75) is 33.2 Å². The van der Waals surface area contributed by atoms with Crippen LogP contribution in [0.5, 0.6) is 5.75 Å². The second kappa shape index (κ2) is 7.18. The maximum absolute atomic E-state index is 5.59. The maximum atomic E-state index is 5.59. The van der Waals surface area contributed by atoms with Gasteiger partial charge in [-0.15, -0.1) is 0 Å². The molecule has 1 N–H and O–H groups in total. The Morgan fingerprint density at radius 3 is 2.52 bits per heavy atom. The number of ether oxygens (including phenoxy) is 1. The van der Waals surface area contributed by atoms with E-state index in [4.69, 9.17) is 4.74 Å². The molecule has 2 rings (SSSR count). The Balaban J connectivity index is 2.51. The van der Waals surface area contributed by atoms with E-state index in [1.165, 1.54) is 11.1 Å². The van der Waals surface area contributed by atoms with Crippen molar-refractivity contribution in [1.82, 2.24) is 15.3 Å². The van der Waals surface area contributed by atoms with Crippen LogP contribution in [0.1, 0.15) is 41.9 Å². The van der Waals surface area contributed by atoms with Gasteiger partial charge in [0.25, 0.3) is 0 Å². The van der Waals surface area contributed by atoms with Gasteiger partial charge in [0.2, 0.25) is 0 Å². The third-order valence-corrected chi connectivity index (χ3v) is 3.44. The Morgan fingerprint density at radius 2 is 1.90 bits per heavy atom. The summed E-state index contributed by atoms with van der Waals surface area (Å²) in [6, 6.07) is 6.01. The van der Waals surface area contributed by atoms with Crippen molar-refractivity contribution in [2.24, 2.45) is 0 Å². The van der Waals surface area contributed by atoms with Crippen LogP contribution in [0.25, 0.3) is 0 Å². The maximum Gasteiger partial charge on any atom is 0.149 e. The van der Waals surface area contributed by atoms with E-state index in [2.05, 4.69) is 48.2 Å². The van der Waals surface area contributed by atoms with Crippen LogP contribution in [0.3, 0.4) is 0 Å². The minimum Gasteiger partial charge on any atom is -0.496 e. The van der Waals surface area contributed by atoms with E-state index in [9.17, 15) is 0 Å². The summed E-state index contributed by atoms with van der Waals surface area (Å²) in [5, 5.41) is 3.53. The lowest BCUT2D eigenvalue weighted by Gasteiger charge is -2.22. The van der Waals surface area contributed by atoms with E-state index < -0.39 is 0 Å². The Bertz CT molecular complexity index is 584. The average molecular weight is 285 g/mol. The first-order valence-electron chi connectivity index (χ1n) is 7.32. The highest BCUT2D eigenvalue weighted by Crippen LogP contribution is 2.32. The molecule has 0 aliphatic rings. The molecule has 4 nitrogen and oxygen atoms in total. The second-order valence-corrected chi connectivity index (χ2v) is 5.19. The van der Waals surface area contributed by atoms with Gasteiger partial charge < -0.3 is 10.1 Å². The van der Waals surface area contributed by atoms with Crippen molar-refractivity contribution in [2.75, 3.05) is 13.7 Å². The first kappa shape index (κ1) is 15.4. The van der Waals surface area contributed by atoms with Crippen LogP contribution < -0.4 is 10.1 Å². The molecule has 0 bridgehead atoms. The molecule has 21 heavy (non-hydrogen) atoms. The summed E-state index contributed by atoms with van der Waals surface area (Å²) in [5.41, 5.74) is 3.49. The minimum atomic E-state index is -0.0540. The van der Waals surface area contributed by atoms with E-state index in [-0.39, 0.29) is 6.04 Å². The van der Waals surface area contributed by atoms with Crippen LogP contribution in [0, 0.1) is 13.8 Å². The van der Waals surface area contributed by atoms with E-state index in [1.807, 2.05) is 6.07 Å². The van der Waals surface area contributed by atoms with Crippen molar-refractivity contribution in [3.63, 3.8) is 0 Å². The van der Waals surface area contributed by atoms with Gasteiger partial charge in [0, 0.05) is 18.0 Å². The Kier molecular flexibility index (Phi) is 5.28. The van der Waals surface area contributed by atoms with Crippen LogP contribution in [-0.2, 0) is 0 Å². The fourth-order valence-electron chi connectivity index (χ4n) is 2.55. The van der Waals surface area contributed by atoms with E-state index in [0.717, 1.165) is 30.1 Å². The first-order chi connectivity index (χ1) is 10.2. The van der Waals surface area contributed by atoms with Crippen LogP contribution in [0.15, 0.2) is 30.6 Å². The minimum absolute atomic E-state index is 0.0540. The standard InChI is InChI=1S/C17H23N3O/c1-5-7-18-16(17-19-8-6-9-20-17)15-13(3)10-12(2)11-14(15)21-4/h6,8-11,16,18H,5,7H2,1-4H3. The number of aromatic nitrogens is 2. The molecule has 0 radical (unpaired) electrons. The van der Waals surface area contributed by atoms with Gasteiger partial charge in [-0.25, -0.2) is 9.97 Å². The van der Waals surface area contributed by atoms with Gasteiger partial charge in [-0.2, -0.15) is 0 Å². The fourth-order valence-corrected chi connectivity index (χ4v) is 2.55. The molecule has 112 valence electrons. The van der Waals surface area contributed by atoms with Crippen LogP contribution in [0.4, 0.5) is 0 Å². The quantitative estimate of drug-likeness (QED) is 0.885. The summed E-state index contributed by atoms with van der Waals surface area (Å²) in [5.74, 6) is 1.66. The largest absolute Gasteiger partial charge is 0.496 e. The molecule has 0 fully saturated rings. The summed E-state index contributed by atoms with van der Waals surface area (Å²) in [6.45, 7) is 7.23. The predicted octanol–water partition coefficient (Wildman–Crippen LogP) is 3.19. The molecule has 1 aromatic heterocycles. The number of hydrogen-bond acceptors (Lipinski definition) is 4. The highest BCUT2D eigenvalue weighted by atomic mass is 16.5. The summed E-state index contributed by atoms with van der Waals surface area (Å²) in [4.78, 5) is 8.84. The molecule has 1 aromatic carbocycles. The Hall–Kier alpha value is -1.94. The molecule has 4 heteroatoms. The molecule has 0 spiro atoms. The molecule has 0 aliphatic heterocycles. The zero-order chi connectivity index (χ0) is 15.2. The van der Waals surface area contributed by atoms with Crippen molar-refractivity contribution < 1.29 is 4.74 Å². The number of benzene rings is 1. The normalized spacial score (nSPS) is 12.2. The van der Waals surface area contributed by atoms with Gasteiger partial charge in [0.05, 0.1) is 13.2 Å². The van der Waals surface area contributed by atoms with Crippen molar-refractivity contribution in [3.05, 3.63) is 53.1 Å². The van der Waals surface area contributed by atoms with Crippen molar-refractivity contribution >= 4 is 0 Å². The van der Waals surface area contributed by atoms with Crippen LogP contribution >= 0.6 is 0 Å². The van der Waals surface area contributed by atoms with E-state index in [0.29, 0.717) is 0 Å². The highest BCUT2D eigenvalue weighted by Gasteiger charge is 2.22. The number of hydrogen-bond donors (Lipinski definition) is 1.